The molecule has 26 heavy (non-hydrogen) atoms. The maximum Gasteiger partial charge on any atom is 0.277 e. The van der Waals surface area contributed by atoms with Gasteiger partial charge < -0.3 is 14.6 Å². The molecule has 2 N–H and O–H groups in total. The monoisotopic (exact) mass is 484 g/mol. The first-order chi connectivity index (χ1) is 12.3. The Labute approximate surface area is 168 Å². The first-order valence-electron chi connectivity index (χ1n) is 7.60. The number of phenols is 1. The van der Waals surface area contributed by atoms with Gasteiger partial charge in [0.25, 0.3) is 5.91 Å². The summed E-state index contributed by atoms with van der Waals surface area (Å²) in [5.41, 5.74) is 4.97. The summed E-state index contributed by atoms with van der Waals surface area (Å²) >= 11 is 6.69. The minimum atomic E-state index is -0.419. The minimum Gasteiger partial charge on any atom is -0.504 e. The van der Waals surface area contributed by atoms with E-state index in [0.29, 0.717) is 20.3 Å². The predicted molar refractivity (Wildman–Crippen MR) is 107 cm³/mol. The van der Waals surface area contributed by atoms with Crippen LogP contribution in [0.4, 0.5) is 0 Å². The Morgan fingerprint density at radius 3 is 2.65 bits per heavy atom. The van der Waals surface area contributed by atoms with Gasteiger partial charge in [-0.2, -0.15) is 5.10 Å². The molecule has 0 aliphatic heterocycles. The van der Waals surface area contributed by atoms with Crippen LogP contribution in [0.1, 0.15) is 16.7 Å². The van der Waals surface area contributed by atoms with Crippen molar-refractivity contribution in [3.8, 4) is 17.2 Å². The first kappa shape index (κ1) is 20.3. The molecule has 0 aromatic heterocycles. The molecule has 0 fully saturated rings. The van der Waals surface area contributed by atoms with Crippen LogP contribution in [0.25, 0.3) is 0 Å². The van der Waals surface area contributed by atoms with E-state index in [-0.39, 0.29) is 18.1 Å². The van der Waals surface area contributed by atoms with E-state index in [2.05, 4.69) is 42.4 Å². The van der Waals surface area contributed by atoms with Gasteiger partial charge in [0.05, 0.1) is 18.9 Å². The Balaban J connectivity index is 1.99. The number of carbonyl (C=O) groups is 1. The average Bonchev–Trinajstić information content (AvgIpc) is 2.62. The molecule has 6 nitrogen and oxygen atoms in total. The summed E-state index contributed by atoms with van der Waals surface area (Å²) in [6, 6.07) is 7.23. The molecule has 0 saturated heterocycles. The van der Waals surface area contributed by atoms with Gasteiger partial charge in [-0.05, 0) is 75.0 Å². The number of carbonyl (C=O) groups excluding carboxylic acids is 1. The van der Waals surface area contributed by atoms with Crippen molar-refractivity contribution in [2.24, 2.45) is 5.10 Å². The summed E-state index contributed by atoms with van der Waals surface area (Å²) < 4.78 is 11.8. The summed E-state index contributed by atoms with van der Waals surface area (Å²) in [5.74, 6) is 0.388. The van der Waals surface area contributed by atoms with Gasteiger partial charge in [0.1, 0.15) is 5.75 Å². The van der Waals surface area contributed by atoms with Gasteiger partial charge in [-0.25, -0.2) is 5.43 Å². The van der Waals surface area contributed by atoms with Crippen LogP contribution in [0.15, 0.2) is 38.3 Å². The molecule has 2 aromatic rings. The summed E-state index contributed by atoms with van der Waals surface area (Å²) in [7, 11) is 1.45. The molecule has 0 unspecified atom stereocenters. The lowest BCUT2D eigenvalue weighted by Gasteiger charge is -2.10. The quantitative estimate of drug-likeness (QED) is 0.477. The molecule has 0 aliphatic rings. The SMILES string of the molecule is COc1cc(Br)c(Br)c(/C=N/NC(=O)COc2ccc(C)c(C)c2)c1O. The van der Waals surface area contributed by atoms with Crippen LogP contribution < -0.4 is 14.9 Å². The fourth-order valence-corrected chi connectivity index (χ4v) is 2.87. The third-order valence-corrected chi connectivity index (χ3v) is 5.66. The summed E-state index contributed by atoms with van der Waals surface area (Å²) in [4.78, 5) is 11.9. The third-order valence-electron chi connectivity index (χ3n) is 3.64. The molecule has 0 saturated carbocycles. The zero-order valence-electron chi connectivity index (χ0n) is 14.5. The molecule has 0 heterocycles. The molecule has 0 spiro atoms. The van der Waals surface area contributed by atoms with Crippen LogP contribution in [-0.4, -0.2) is 30.9 Å². The van der Waals surface area contributed by atoms with Crippen LogP contribution in [0, 0.1) is 13.8 Å². The number of hydrazone groups is 1. The van der Waals surface area contributed by atoms with Crippen molar-refractivity contribution in [1.82, 2.24) is 5.43 Å². The highest BCUT2D eigenvalue weighted by molar-refractivity contribution is 9.13. The van der Waals surface area contributed by atoms with E-state index in [9.17, 15) is 9.90 Å². The maximum atomic E-state index is 11.9. The van der Waals surface area contributed by atoms with E-state index in [1.54, 1.807) is 6.07 Å². The van der Waals surface area contributed by atoms with Gasteiger partial charge in [-0.1, -0.05) is 6.07 Å². The number of hydrogen-bond donors (Lipinski definition) is 2. The smallest absolute Gasteiger partial charge is 0.277 e. The van der Waals surface area contributed by atoms with E-state index in [4.69, 9.17) is 9.47 Å². The largest absolute Gasteiger partial charge is 0.504 e. The normalized spacial score (nSPS) is 10.8. The number of halogens is 2. The van der Waals surface area contributed by atoms with Crippen LogP contribution in [0.2, 0.25) is 0 Å². The Kier molecular flexibility index (Phi) is 7.05. The Hall–Kier alpha value is -2.06. The van der Waals surface area contributed by atoms with Gasteiger partial charge in [-0.15, -0.1) is 0 Å². The minimum absolute atomic E-state index is 0.0908. The molecule has 2 aromatic carbocycles. The zero-order chi connectivity index (χ0) is 19.3. The highest BCUT2D eigenvalue weighted by Gasteiger charge is 2.14. The molecule has 2 rings (SSSR count). The number of benzene rings is 2. The van der Waals surface area contributed by atoms with Crippen molar-refractivity contribution in [1.29, 1.82) is 0 Å². The third kappa shape index (κ3) is 4.98. The van der Waals surface area contributed by atoms with E-state index >= 15 is 0 Å². The number of phenolic OH excluding ortho intramolecular Hbond substituents is 1. The second kappa shape index (κ2) is 9.05. The molecule has 138 valence electrons. The highest BCUT2D eigenvalue weighted by Crippen LogP contribution is 2.39. The average molecular weight is 486 g/mol. The Bertz CT molecular complexity index is 854. The number of aryl methyl sites for hydroxylation is 2. The van der Waals surface area contributed by atoms with E-state index in [1.165, 1.54) is 13.3 Å². The van der Waals surface area contributed by atoms with Gasteiger partial charge in [0.15, 0.2) is 18.1 Å². The highest BCUT2D eigenvalue weighted by atomic mass is 79.9. The fourth-order valence-electron chi connectivity index (χ4n) is 2.04. The molecular formula is C18H18Br2N2O4. The number of nitrogens with zero attached hydrogens (tertiary/aromatic N) is 1. The second-order valence-corrected chi connectivity index (χ2v) is 7.11. The van der Waals surface area contributed by atoms with Crippen molar-refractivity contribution in [3.63, 3.8) is 0 Å². The predicted octanol–water partition coefficient (Wildman–Crippen LogP) is 4.07. The Morgan fingerprint density at radius 2 is 2.00 bits per heavy atom. The maximum absolute atomic E-state index is 11.9. The number of nitrogens with one attached hydrogen (secondary N) is 1. The zero-order valence-corrected chi connectivity index (χ0v) is 17.6. The topological polar surface area (TPSA) is 80.2 Å². The number of ether oxygens (including phenoxy) is 2. The van der Waals surface area contributed by atoms with E-state index < -0.39 is 5.91 Å². The van der Waals surface area contributed by atoms with E-state index in [0.717, 1.165) is 11.1 Å². The number of methoxy groups -OCH3 is 1. The number of aromatic hydroxyl groups is 1. The van der Waals surface area contributed by atoms with Crippen LogP contribution in [-0.2, 0) is 4.79 Å². The van der Waals surface area contributed by atoms with Crippen molar-refractivity contribution < 1.29 is 19.4 Å². The number of hydrogen-bond acceptors (Lipinski definition) is 5. The number of rotatable bonds is 6. The van der Waals surface area contributed by atoms with Gasteiger partial charge in [-0.3, -0.25) is 4.79 Å². The lowest BCUT2D eigenvalue weighted by atomic mass is 10.1. The standard InChI is InChI=1S/C18H18Br2N2O4/c1-10-4-5-12(6-11(10)2)26-9-16(23)22-21-8-13-17(20)14(19)7-15(25-3)18(13)24/h4-8,24H,9H2,1-3H3,(H,22,23)/b21-8+. The summed E-state index contributed by atoms with van der Waals surface area (Å²) in [6.07, 6.45) is 1.32. The molecular weight excluding hydrogens is 468 g/mol. The van der Waals surface area contributed by atoms with Crippen LogP contribution in [0.5, 0.6) is 17.2 Å². The number of amides is 1. The first-order valence-corrected chi connectivity index (χ1v) is 9.19. The second-order valence-electron chi connectivity index (χ2n) is 5.46. The lowest BCUT2D eigenvalue weighted by molar-refractivity contribution is -0.123. The van der Waals surface area contributed by atoms with Crippen molar-refractivity contribution in [2.45, 2.75) is 13.8 Å². The summed E-state index contributed by atoms with van der Waals surface area (Å²) in [5, 5.41) is 14.0. The molecule has 0 aliphatic carbocycles. The molecule has 8 heteroatoms. The molecule has 0 atom stereocenters. The van der Waals surface area contributed by atoms with Gasteiger partial charge in [0, 0.05) is 8.95 Å². The van der Waals surface area contributed by atoms with Crippen molar-refractivity contribution in [2.75, 3.05) is 13.7 Å². The molecule has 0 radical (unpaired) electrons. The summed E-state index contributed by atoms with van der Waals surface area (Å²) in [6.45, 7) is 3.81. The Morgan fingerprint density at radius 1 is 1.27 bits per heavy atom. The van der Waals surface area contributed by atoms with Crippen LogP contribution in [0.3, 0.4) is 0 Å². The lowest BCUT2D eigenvalue weighted by Crippen LogP contribution is -2.24. The van der Waals surface area contributed by atoms with Gasteiger partial charge in [0.2, 0.25) is 0 Å². The van der Waals surface area contributed by atoms with Gasteiger partial charge >= 0.3 is 0 Å². The fraction of sp³-hybridized carbons (Fsp3) is 0.222. The molecule has 1 amide bonds. The van der Waals surface area contributed by atoms with Crippen molar-refractivity contribution in [3.05, 3.63) is 49.9 Å². The van der Waals surface area contributed by atoms with Crippen LogP contribution >= 0.6 is 31.9 Å². The van der Waals surface area contributed by atoms with Crippen molar-refractivity contribution >= 4 is 44.0 Å². The van der Waals surface area contributed by atoms with E-state index in [1.807, 2.05) is 32.0 Å². The molecule has 0 bridgehead atoms.